The van der Waals surface area contributed by atoms with E-state index in [1.807, 2.05) is 13.0 Å². The van der Waals surface area contributed by atoms with Crippen molar-refractivity contribution in [1.82, 2.24) is 0 Å². The Morgan fingerprint density at radius 2 is 1.82 bits per heavy atom. The molecule has 0 aliphatic rings. The lowest BCUT2D eigenvalue weighted by atomic mass is 10.0. The molecule has 0 amide bonds. The normalized spacial score (nSPS) is 10.5. The van der Waals surface area contributed by atoms with Crippen LogP contribution in [0, 0.1) is 6.92 Å². The van der Waals surface area contributed by atoms with E-state index in [2.05, 4.69) is 19.9 Å². The van der Waals surface area contributed by atoms with Gasteiger partial charge in [-0.25, -0.2) is 0 Å². The molecule has 0 unspecified atom stereocenters. The van der Waals surface area contributed by atoms with Crippen LogP contribution in [0.3, 0.4) is 0 Å². The topological polar surface area (TPSA) is 29.5 Å². The molecule has 0 saturated carbocycles. The molecule has 0 fully saturated rings. The molecule has 2 nitrogen and oxygen atoms in total. The van der Waals surface area contributed by atoms with Crippen molar-refractivity contribution in [2.45, 2.75) is 52.9 Å². The molecule has 17 heavy (non-hydrogen) atoms. The molecule has 0 radical (unpaired) electrons. The van der Waals surface area contributed by atoms with E-state index in [9.17, 15) is 5.11 Å². The monoisotopic (exact) mass is 236 g/mol. The zero-order valence-electron chi connectivity index (χ0n) is 11.3. The first-order chi connectivity index (χ1) is 8.19. The molecule has 0 aromatic heterocycles. The molecule has 2 heteroatoms. The van der Waals surface area contributed by atoms with Crippen LogP contribution in [0.5, 0.6) is 11.5 Å². The molecule has 0 saturated heterocycles. The number of aromatic hydroxyl groups is 1. The zero-order chi connectivity index (χ0) is 12.7. The summed E-state index contributed by atoms with van der Waals surface area (Å²) in [5, 5.41) is 9.86. The van der Waals surface area contributed by atoms with Crippen molar-refractivity contribution < 1.29 is 9.84 Å². The Hall–Kier alpha value is -1.18. The van der Waals surface area contributed by atoms with Crippen molar-refractivity contribution in [1.29, 1.82) is 0 Å². The van der Waals surface area contributed by atoms with Gasteiger partial charge in [-0.05, 0) is 43.9 Å². The van der Waals surface area contributed by atoms with Crippen molar-refractivity contribution in [3.8, 4) is 11.5 Å². The molecule has 1 aromatic carbocycles. The number of phenolic OH excluding ortho intramolecular Hbond substituents is 1. The summed E-state index contributed by atoms with van der Waals surface area (Å²) in [6, 6.07) is 3.93. The number of phenols is 1. The maximum atomic E-state index is 9.86. The number of ether oxygens (including phenoxy) is 1. The summed E-state index contributed by atoms with van der Waals surface area (Å²) in [7, 11) is 0. The highest BCUT2D eigenvalue weighted by atomic mass is 16.5. The van der Waals surface area contributed by atoms with Crippen LogP contribution in [-0.2, 0) is 6.42 Å². The van der Waals surface area contributed by atoms with E-state index in [1.54, 1.807) is 0 Å². The average molecular weight is 236 g/mol. The van der Waals surface area contributed by atoms with Gasteiger partial charge in [0.05, 0.1) is 6.61 Å². The van der Waals surface area contributed by atoms with E-state index >= 15 is 0 Å². The summed E-state index contributed by atoms with van der Waals surface area (Å²) in [4.78, 5) is 0. The van der Waals surface area contributed by atoms with Crippen LogP contribution >= 0.6 is 0 Å². The highest BCUT2D eigenvalue weighted by Gasteiger charge is 2.07. The molecule has 0 spiro atoms. The molecule has 0 aliphatic heterocycles. The molecular weight excluding hydrogens is 212 g/mol. The predicted octanol–water partition coefficient (Wildman–Crippen LogP) is 4.22. The number of unbranched alkanes of at least 4 members (excludes halogenated alkanes) is 2. The highest BCUT2D eigenvalue weighted by Crippen LogP contribution is 2.29. The lowest BCUT2D eigenvalue weighted by molar-refractivity contribution is 0.305. The highest BCUT2D eigenvalue weighted by molar-refractivity contribution is 5.46. The Morgan fingerprint density at radius 3 is 2.47 bits per heavy atom. The third kappa shape index (κ3) is 4.29. The first-order valence-electron chi connectivity index (χ1n) is 6.64. The minimum atomic E-state index is 0.352. The molecule has 0 heterocycles. The summed E-state index contributed by atoms with van der Waals surface area (Å²) < 4.78 is 5.72. The fraction of sp³-hybridized carbons (Fsp3) is 0.600. The van der Waals surface area contributed by atoms with Crippen LogP contribution in [0.1, 0.15) is 50.7 Å². The molecular formula is C15H24O2. The first kappa shape index (κ1) is 13.9. The summed E-state index contributed by atoms with van der Waals surface area (Å²) in [5.41, 5.74) is 2.02. The number of rotatable bonds is 7. The van der Waals surface area contributed by atoms with Gasteiger partial charge in [0.2, 0.25) is 0 Å². The Bertz CT molecular complexity index is 345. The lowest BCUT2D eigenvalue weighted by Gasteiger charge is -2.12. The van der Waals surface area contributed by atoms with Crippen molar-refractivity contribution in [3.05, 3.63) is 23.3 Å². The SMILES string of the molecule is CCCCOc1cc(CCCC)cc(O)c1C. The van der Waals surface area contributed by atoms with Gasteiger partial charge >= 0.3 is 0 Å². The Balaban J connectivity index is 2.75. The van der Waals surface area contributed by atoms with Crippen molar-refractivity contribution >= 4 is 0 Å². The number of aryl methyl sites for hydroxylation is 1. The van der Waals surface area contributed by atoms with Crippen LogP contribution in [0.4, 0.5) is 0 Å². The fourth-order valence-corrected chi connectivity index (χ4v) is 1.73. The minimum Gasteiger partial charge on any atom is -0.508 e. The third-order valence-electron chi connectivity index (χ3n) is 2.97. The van der Waals surface area contributed by atoms with E-state index in [0.29, 0.717) is 5.75 Å². The van der Waals surface area contributed by atoms with E-state index in [4.69, 9.17) is 4.74 Å². The van der Waals surface area contributed by atoms with Crippen LogP contribution < -0.4 is 4.74 Å². The molecule has 0 bridgehead atoms. The van der Waals surface area contributed by atoms with Crippen molar-refractivity contribution in [2.75, 3.05) is 6.61 Å². The van der Waals surface area contributed by atoms with Gasteiger partial charge < -0.3 is 9.84 Å². The zero-order valence-corrected chi connectivity index (χ0v) is 11.3. The molecule has 96 valence electrons. The smallest absolute Gasteiger partial charge is 0.126 e. The molecule has 0 atom stereocenters. The van der Waals surface area contributed by atoms with E-state index in [1.165, 1.54) is 12.0 Å². The maximum absolute atomic E-state index is 9.86. The second kappa shape index (κ2) is 7.21. The van der Waals surface area contributed by atoms with E-state index in [-0.39, 0.29) is 0 Å². The van der Waals surface area contributed by atoms with Gasteiger partial charge in [0.25, 0.3) is 0 Å². The molecule has 1 aromatic rings. The van der Waals surface area contributed by atoms with Gasteiger partial charge in [0.1, 0.15) is 11.5 Å². The standard InChI is InChI=1S/C15H24O2/c1-4-6-8-13-10-14(16)12(3)15(11-13)17-9-7-5-2/h10-11,16H,4-9H2,1-3H3. The van der Waals surface area contributed by atoms with Crippen LogP contribution in [-0.4, -0.2) is 11.7 Å². The number of hydrogen-bond acceptors (Lipinski definition) is 2. The molecule has 1 N–H and O–H groups in total. The quantitative estimate of drug-likeness (QED) is 0.718. The summed E-state index contributed by atoms with van der Waals surface area (Å²) >= 11 is 0. The summed E-state index contributed by atoms with van der Waals surface area (Å²) in [6.07, 6.45) is 5.51. The second-order valence-corrected chi connectivity index (χ2v) is 4.54. The lowest BCUT2D eigenvalue weighted by Crippen LogP contribution is -1.99. The maximum Gasteiger partial charge on any atom is 0.126 e. The van der Waals surface area contributed by atoms with E-state index in [0.717, 1.165) is 43.6 Å². The van der Waals surface area contributed by atoms with Crippen LogP contribution in [0.25, 0.3) is 0 Å². The summed E-state index contributed by atoms with van der Waals surface area (Å²) in [5.74, 6) is 1.19. The third-order valence-corrected chi connectivity index (χ3v) is 2.97. The Kier molecular flexibility index (Phi) is 5.88. The first-order valence-corrected chi connectivity index (χ1v) is 6.64. The van der Waals surface area contributed by atoms with Crippen molar-refractivity contribution in [2.24, 2.45) is 0 Å². The Labute approximate surface area is 105 Å². The largest absolute Gasteiger partial charge is 0.508 e. The van der Waals surface area contributed by atoms with E-state index < -0.39 is 0 Å². The van der Waals surface area contributed by atoms with Gasteiger partial charge in [0, 0.05) is 5.56 Å². The number of hydrogen-bond donors (Lipinski definition) is 1. The minimum absolute atomic E-state index is 0.352. The van der Waals surface area contributed by atoms with Crippen LogP contribution in [0.2, 0.25) is 0 Å². The van der Waals surface area contributed by atoms with Gasteiger partial charge in [-0.3, -0.25) is 0 Å². The van der Waals surface area contributed by atoms with Crippen LogP contribution in [0.15, 0.2) is 12.1 Å². The average Bonchev–Trinajstić information content (AvgIpc) is 2.32. The Morgan fingerprint density at radius 1 is 1.12 bits per heavy atom. The number of benzene rings is 1. The molecule has 1 rings (SSSR count). The van der Waals surface area contributed by atoms with Gasteiger partial charge in [0.15, 0.2) is 0 Å². The predicted molar refractivity (Wildman–Crippen MR) is 71.9 cm³/mol. The second-order valence-electron chi connectivity index (χ2n) is 4.54. The summed E-state index contributed by atoms with van der Waals surface area (Å²) in [6.45, 7) is 6.95. The van der Waals surface area contributed by atoms with Gasteiger partial charge in [-0.2, -0.15) is 0 Å². The van der Waals surface area contributed by atoms with Crippen molar-refractivity contribution in [3.63, 3.8) is 0 Å². The van der Waals surface area contributed by atoms with Gasteiger partial charge in [-0.15, -0.1) is 0 Å². The molecule has 0 aliphatic carbocycles. The fourth-order valence-electron chi connectivity index (χ4n) is 1.73. The van der Waals surface area contributed by atoms with Gasteiger partial charge in [-0.1, -0.05) is 26.7 Å².